The minimum absolute atomic E-state index is 0.0334. The molecule has 0 aliphatic heterocycles. The number of rotatable bonds is 5. The molecule has 3 nitrogen and oxygen atoms in total. The maximum Gasteiger partial charge on any atom is 0.200 e. The Balaban J connectivity index is 2.09. The zero-order valence-corrected chi connectivity index (χ0v) is 13.9. The van der Waals surface area contributed by atoms with Gasteiger partial charge in [0, 0.05) is 5.56 Å². The van der Waals surface area contributed by atoms with Crippen molar-refractivity contribution in [1.82, 2.24) is 0 Å². The summed E-state index contributed by atoms with van der Waals surface area (Å²) in [6.07, 6.45) is 0. The van der Waals surface area contributed by atoms with E-state index in [2.05, 4.69) is 31.9 Å². The summed E-state index contributed by atoms with van der Waals surface area (Å²) >= 11 is 6.78. The predicted molar refractivity (Wildman–Crippen MR) is 84.7 cm³/mol. The molecule has 0 radical (unpaired) electrons. The third kappa shape index (κ3) is 3.61. The van der Waals surface area contributed by atoms with E-state index in [9.17, 15) is 4.79 Å². The molecule has 2 rings (SSSR count). The molecule has 0 N–H and O–H groups in total. The molecule has 0 saturated heterocycles. The van der Waals surface area contributed by atoms with Gasteiger partial charge in [0.25, 0.3) is 0 Å². The monoisotopic (exact) mass is 398 g/mol. The molecule has 0 aliphatic rings. The van der Waals surface area contributed by atoms with Crippen molar-refractivity contribution >= 4 is 37.6 Å². The fourth-order valence-corrected chi connectivity index (χ4v) is 2.87. The Kier molecular flexibility index (Phi) is 5.20. The highest BCUT2D eigenvalue weighted by Crippen LogP contribution is 2.33. The van der Waals surface area contributed by atoms with Gasteiger partial charge in [-0.15, -0.1) is 0 Å². The summed E-state index contributed by atoms with van der Waals surface area (Å²) in [6, 6.07) is 12.6. The van der Waals surface area contributed by atoms with E-state index in [0.717, 1.165) is 8.95 Å². The van der Waals surface area contributed by atoms with Gasteiger partial charge in [0.15, 0.2) is 12.4 Å². The van der Waals surface area contributed by atoms with Gasteiger partial charge in [0.1, 0.15) is 11.5 Å². The number of ketones is 1. The van der Waals surface area contributed by atoms with Crippen LogP contribution in [0.5, 0.6) is 11.5 Å². The van der Waals surface area contributed by atoms with Crippen molar-refractivity contribution in [3.05, 3.63) is 57.0 Å². The second kappa shape index (κ2) is 6.90. The molecule has 0 bridgehead atoms. The van der Waals surface area contributed by atoms with Crippen LogP contribution in [0.3, 0.4) is 0 Å². The third-order valence-electron chi connectivity index (χ3n) is 2.66. The third-order valence-corrected chi connectivity index (χ3v) is 3.91. The predicted octanol–water partition coefficient (Wildman–Crippen LogP) is 4.48. The summed E-state index contributed by atoms with van der Waals surface area (Å²) in [4.78, 5) is 12.1. The number of para-hydroxylation sites is 1. The molecule has 0 amide bonds. The maximum absolute atomic E-state index is 12.1. The highest BCUT2D eigenvalue weighted by atomic mass is 79.9. The van der Waals surface area contributed by atoms with Crippen molar-refractivity contribution in [2.45, 2.75) is 0 Å². The van der Waals surface area contributed by atoms with Gasteiger partial charge in [-0.2, -0.15) is 0 Å². The van der Waals surface area contributed by atoms with E-state index in [1.165, 1.54) is 0 Å². The number of ether oxygens (including phenoxy) is 2. The molecule has 0 fully saturated rings. The largest absolute Gasteiger partial charge is 0.497 e. The van der Waals surface area contributed by atoms with Crippen LogP contribution in [0.4, 0.5) is 0 Å². The summed E-state index contributed by atoms with van der Waals surface area (Å²) in [5, 5.41) is 0. The zero-order chi connectivity index (χ0) is 14.5. The first-order valence-electron chi connectivity index (χ1n) is 5.86. The molecule has 0 atom stereocenters. The smallest absolute Gasteiger partial charge is 0.200 e. The molecule has 5 heteroatoms. The van der Waals surface area contributed by atoms with Gasteiger partial charge in [-0.25, -0.2) is 0 Å². The zero-order valence-electron chi connectivity index (χ0n) is 10.7. The Morgan fingerprint density at radius 2 is 1.75 bits per heavy atom. The fraction of sp³-hybridized carbons (Fsp3) is 0.133. The Morgan fingerprint density at radius 3 is 2.40 bits per heavy atom. The Labute approximate surface area is 134 Å². The molecule has 0 heterocycles. The van der Waals surface area contributed by atoms with E-state index >= 15 is 0 Å². The Morgan fingerprint density at radius 1 is 1.10 bits per heavy atom. The minimum atomic E-state index is -0.105. The topological polar surface area (TPSA) is 35.5 Å². The molecule has 0 spiro atoms. The van der Waals surface area contributed by atoms with E-state index in [4.69, 9.17) is 9.47 Å². The van der Waals surface area contributed by atoms with Crippen molar-refractivity contribution in [3.63, 3.8) is 0 Å². The number of carbonyl (C=O) groups excluding carboxylic acids is 1. The molecule has 20 heavy (non-hydrogen) atoms. The summed E-state index contributed by atoms with van der Waals surface area (Å²) in [7, 11) is 1.57. The first-order valence-corrected chi connectivity index (χ1v) is 7.44. The second-order valence-corrected chi connectivity index (χ2v) is 5.70. The first-order chi connectivity index (χ1) is 9.61. The SMILES string of the molecule is COc1cccc(C(=O)COc2c(Br)cccc2Br)c1. The Hall–Kier alpha value is -1.33. The lowest BCUT2D eigenvalue weighted by Gasteiger charge is -2.10. The molecule has 0 unspecified atom stereocenters. The van der Waals surface area contributed by atoms with Crippen LogP contribution in [0.15, 0.2) is 51.4 Å². The van der Waals surface area contributed by atoms with Crippen molar-refractivity contribution in [1.29, 1.82) is 0 Å². The van der Waals surface area contributed by atoms with Gasteiger partial charge in [0.2, 0.25) is 0 Å². The summed E-state index contributed by atoms with van der Waals surface area (Å²) in [5.74, 6) is 1.16. The van der Waals surface area contributed by atoms with Gasteiger partial charge in [0.05, 0.1) is 16.1 Å². The molecule has 0 aromatic heterocycles. The van der Waals surface area contributed by atoms with Crippen LogP contribution in [-0.4, -0.2) is 19.5 Å². The van der Waals surface area contributed by atoms with Crippen LogP contribution < -0.4 is 9.47 Å². The van der Waals surface area contributed by atoms with Crippen LogP contribution in [0.1, 0.15) is 10.4 Å². The minimum Gasteiger partial charge on any atom is -0.497 e. The lowest BCUT2D eigenvalue weighted by Crippen LogP contribution is -2.12. The average molecular weight is 400 g/mol. The van der Waals surface area contributed by atoms with E-state index in [1.807, 2.05) is 18.2 Å². The fourth-order valence-electron chi connectivity index (χ4n) is 1.64. The molecule has 2 aromatic carbocycles. The second-order valence-electron chi connectivity index (χ2n) is 3.99. The summed E-state index contributed by atoms with van der Waals surface area (Å²) < 4.78 is 12.3. The van der Waals surface area contributed by atoms with Crippen LogP contribution in [0, 0.1) is 0 Å². The number of hydrogen-bond acceptors (Lipinski definition) is 3. The number of hydrogen-bond donors (Lipinski definition) is 0. The number of Topliss-reactive ketones (excluding diaryl/α,β-unsaturated/α-hetero) is 1. The van der Waals surface area contributed by atoms with E-state index in [-0.39, 0.29) is 12.4 Å². The van der Waals surface area contributed by atoms with Gasteiger partial charge >= 0.3 is 0 Å². The summed E-state index contributed by atoms with van der Waals surface area (Å²) in [5.41, 5.74) is 0.563. The molecule has 104 valence electrons. The molecular weight excluding hydrogens is 388 g/mol. The van der Waals surface area contributed by atoms with Crippen molar-refractivity contribution in [3.8, 4) is 11.5 Å². The van der Waals surface area contributed by atoms with Gasteiger partial charge < -0.3 is 9.47 Å². The van der Waals surface area contributed by atoms with E-state index in [0.29, 0.717) is 17.1 Å². The standard InChI is InChI=1S/C15H12Br2O3/c1-19-11-5-2-4-10(8-11)14(18)9-20-15-12(16)6-3-7-13(15)17/h2-8H,9H2,1H3. The van der Waals surface area contributed by atoms with Crippen molar-refractivity contribution in [2.24, 2.45) is 0 Å². The highest BCUT2D eigenvalue weighted by molar-refractivity contribution is 9.11. The van der Waals surface area contributed by atoms with E-state index in [1.54, 1.807) is 31.4 Å². The van der Waals surface area contributed by atoms with Gasteiger partial charge in [-0.1, -0.05) is 18.2 Å². The molecular formula is C15H12Br2O3. The number of carbonyl (C=O) groups is 1. The molecule has 2 aromatic rings. The first kappa shape index (κ1) is 15.1. The van der Waals surface area contributed by atoms with Crippen molar-refractivity contribution in [2.75, 3.05) is 13.7 Å². The lowest BCUT2D eigenvalue weighted by molar-refractivity contribution is 0.0920. The number of halogens is 2. The average Bonchev–Trinajstić information content (AvgIpc) is 2.46. The molecule has 0 aliphatic carbocycles. The number of benzene rings is 2. The van der Waals surface area contributed by atoms with E-state index < -0.39 is 0 Å². The van der Waals surface area contributed by atoms with Gasteiger partial charge in [-0.05, 0) is 56.1 Å². The van der Waals surface area contributed by atoms with Gasteiger partial charge in [-0.3, -0.25) is 4.79 Å². The van der Waals surface area contributed by atoms with Crippen molar-refractivity contribution < 1.29 is 14.3 Å². The normalized spacial score (nSPS) is 10.2. The highest BCUT2D eigenvalue weighted by Gasteiger charge is 2.11. The van der Waals surface area contributed by atoms with Crippen LogP contribution >= 0.6 is 31.9 Å². The number of methoxy groups -OCH3 is 1. The summed E-state index contributed by atoms with van der Waals surface area (Å²) in [6.45, 7) is -0.0334. The Bertz CT molecular complexity index is 606. The molecule has 0 saturated carbocycles. The lowest BCUT2D eigenvalue weighted by atomic mass is 10.1. The van der Waals surface area contributed by atoms with Crippen LogP contribution in [0.2, 0.25) is 0 Å². The quantitative estimate of drug-likeness (QED) is 0.695. The maximum atomic E-state index is 12.1. The van der Waals surface area contributed by atoms with Crippen LogP contribution in [0.25, 0.3) is 0 Å². The van der Waals surface area contributed by atoms with Crippen LogP contribution in [-0.2, 0) is 0 Å².